The van der Waals surface area contributed by atoms with E-state index < -0.39 is 5.60 Å². The summed E-state index contributed by atoms with van der Waals surface area (Å²) in [6.07, 6.45) is 11.1. The van der Waals surface area contributed by atoms with E-state index in [0.717, 1.165) is 43.8 Å². The molecule has 4 saturated carbocycles. The van der Waals surface area contributed by atoms with E-state index in [1.165, 1.54) is 44.9 Å². The summed E-state index contributed by atoms with van der Waals surface area (Å²) in [6, 6.07) is 0. The van der Waals surface area contributed by atoms with E-state index in [4.69, 9.17) is 9.47 Å². The van der Waals surface area contributed by atoms with Crippen LogP contribution in [0.3, 0.4) is 0 Å². The fraction of sp³-hybridized carbons (Fsp3) is 1.00. The van der Waals surface area contributed by atoms with Crippen molar-refractivity contribution in [2.45, 2.75) is 104 Å². The molecule has 3 heteroatoms. The molecule has 5 aliphatic rings. The summed E-state index contributed by atoms with van der Waals surface area (Å²) in [4.78, 5) is 0. The van der Waals surface area contributed by atoms with Crippen LogP contribution >= 0.6 is 0 Å². The van der Waals surface area contributed by atoms with E-state index >= 15 is 0 Å². The first-order valence-corrected chi connectivity index (χ1v) is 12.0. The van der Waals surface area contributed by atoms with Gasteiger partial charge in [0.2, 0.25) is 0 Å². The normalized spacial score (nSPS) is 58.1. The average molecular weight is 391 g/mol. The zero-order chi connectivity index (χ0) is 20.0. The summed E-state index contributed by atoms with van der Waals surface area (Å²) in [6.45, 7) is 13.5. The molecule has 1 N–H and O–H groups in total. The summed E-state index contributed by atoms with van der Waals surface area (Å²) in [7, 11) is 0. The Morgan fingerprint density at radius 3 is 2.18 bits per heavy atom. The SMILES string of the molecule is CC1([C@H]2CC[C@H]3[C@@H]4CC[C@]5(C)C[C@](C)(O)CC[C@]5(C)[C@H]4CC[C@]23C)OCCO1. The molecule has 0 aromatic rings. The average Bonchev–Trinajstić information content (AvgIpc) is 3.19. The summed E-state index contributed by atoms with van der Waals surface area (Å²) in [5.41, 5.74) is 0.589. The van der Waals surface area contributed by atoms with Gasteiger partial charge in [-0.25, -0.2) is 0 Å². The second-order valence-electron chi connectivity index (χ2n) is 12.5. The van der Waals surface area contributed by atoms with E-state index in [1.54, 1.807) is 0 Å². The van der Waals surface area contributed by atoms with Gasteiger partial charge in [-0.15, -0.1) is 0 Å². The van der Waals surface area contributed by atoms with E-state index in [9.17, 15) is 5.11 Å². The molecule has 0 bridgehead atoms. The summed E-state index contributed by atoms with van der Waals surface area (Å²) in [5.74, 6) is 2.70. The Balaban J connectivity index is 1.44. The lowest BCUT2D eigenvalue weighted by Gasteiger charge is -2.66. The second-order valence-corrected chi connectivity index (χ2v) is 12.5. The zero-order valence-electron chi connectivity index (χ0n) is 18.9. The third-order valence-corrected chi connectivity index (χ3v) is 11.1. The predicted octanol–water partition coefficient (Wildman–Crippen LogP) is 5.55. The highest BCUT2D eigenvalue weighted by Crippen LogP contribution is 2.72. The summed E-state index contributed by atoms with van der Waals surface area (Å²) < 4.78 is 12.3. The van der Waals surface area contributed by atoms with E-state index in [2.05, 4.69) is 34.6 Å². The van der Waals surface area contributed by atoms with Gasteiger partial charge in [0.25, 0.3) is 0 Å². The number of rotatable bonds is 1. The Hall–Kier alpha value is -0.120. The first-order valence-electron chi connectivity index (χ1n) is 12.0. The minimum absolute atomic E-state index is 0.297. The largest absolute Gasteiger partial charge is 0.390 e. The molecular weight excluding hydrogens is 348 g/mol. The van der Waals surface area contributed by atoms with Gasteiger partial charge < -0.3 is 14.6 Å². The lowest BCUT2D eigenvalue weighted by atomic mass is 9.39. The molecule has 3 nitrogen and oxygen atoms in total. The van der Waals surface area contributed by atoms with Crippen LogP contribution in [0.15, 0.2) is 0 Å². The van der Waals surface area contributed by atoms with Crippen molar-refractivity contribution in [1.29, 1.82) is 0 Å². The molecule has 5 fully saturated rings. The molecule has 5 rings (SSSR count). The van der Waals surface area contributed by atoms with Gasteiger partial charge in [0.05, 0.1) is 18.8 Å². The number of hydrogen-bond donors (Lipinski definition) is 1. The van der Waals surface area contributed by atoms with Gasteiger partial charge >= 0.3 is 0 Å². The molecule has 0 aromatic heterocycles. The molecule has 8 atom stereocenters. The summed E-state index contributed by atoms with van der Waals surface area (Å²) >= 11 is 0. The van der Waals surface area contributed by atoms with Crippen molar-refractivity contribution in [2.75, 3.05) is 13.2 Å². The smallest absolute Gasteiger partial charge is 0.169 e. The standard InChI is InChI=1S/C25H42O3/c1-21-10-8-17-18-6-7-20(25(5)27-14-15-28-25)23(18,3)11-9-19(17)24(21,4)13-12-22(2,26)16-21/h17-20,26H,6-16H2,1-5H3/t17-,18-,19-,20-,21+,22+,23-,24+/m0/s1. The van der Waals surface area contributed by atoms with Crippen molar-refractivity contribution in [1.82, 2.24) is 0 Å². The second kappa shape index (κ2) is 5.98. The quantitative estimate of drug-likeness (QED) is 0.638. The first kappa shape index (κ1) is 19.8. The lowest BCUT2D eigenvalue weighted by molar-refractivity contribution is -0.227. The lowest BCUT2D eigenvalue weighted by Crippen LogP contribution is -2.60. The summed E-state index contributed by atoms with van der Waals surface area (Å²) in [5, 5.41) is 10.8. The number of hydrogen-bond acceptors (Lipinski definition) is 3. The monoisotopic (exact) mass is 390 g/mol. The fourth-order valence-corrected chi connectivity index (χ4v) is 9.53. The number of aliphatic hydroxyl groups is 1. The first-order chi connectivity index (χ1) is 13.0. The van der Waals surface area contributed by atoms with Gasteiger partial charge in [0.15, 0.2) is 5.79 Å². The van der Waals surface area contributed by atoms with E-state index in [0.29, 0.717) is 22.2 Å². The Morgan fingerprint density at radius 2 is 1.46 bits per heavy atom. The molecule has 0 radical (unpaired) electrons. The molecular formula is C25H42O3. The molecule has 160 valence electrons. The van der Waals surface area contributed by atoms with Gasteiger partial charge in [-0.2, -0.15) is 0 Å². The molecule has 0 amide bonds. The molecule has 1 heterocycles. The fourth-order valence-electron chi connectivity index (χ4n) is 9.53. The van der Waals surface area contributed by atoms with Crippen molar-refractivity contribution in [3.05, 3.63) is 0 Å². The molecule has 1 saturated heterocycles. The molecule has 1 aliphatic heterocycles. The van der Waals surface area contributed by atoms with Crippen molar-refractivity contribution in [2.24, 2.45) is 39.9 Å². The highest BCUT2D eigenvalue weighted by atomic mass is 16.7. The van der Waals surface area contributed by atoms with Crippen molar-refractivity contribution >= 4 is 0 Å². The third-order valence-electron chi connectivity index (χ3n) is 11.1. The van der Waals surface area contributed by atoms with Crippen molar-refractivity contribution in [3.8, 4) is 0 Å². The van der Waals surface area contributed by atoms with E-state index in [1.807, 2.05) is 0 Å². The molecule has 4 aliphatic carbocycles. The van der Waals surface area contributed by atoms with Crippen molar-refractivity contribution < 1.29 is 14.6 Å². The van der Waals surface area contributed by atoms with Crippen LogP contribution in [0.5, 0.6) is 0 Å². The minimum Gasteiger partial charge on any atom is -0.390 e. The topological polar surface area (TPSA) is 38.7 Å². The van der Waals surface area contributed by atoms with Gasteiger partial charge in [-0.3, -0.25) is 0 Å². The van der Waals surface area contributed by atoms with Gasteiger partial charge in [0.1, 0.15) is 0 Å². The number of ether oxygens (including phenoxy) is 2. The van der Waals surface area contributed by atoms with Crippen LogP contribution in [0.2, 0.25) is 0 Å². The minimum atomic E-state index is -0.464. The van der Waals surface area contributed by atoms with Crippen LogP contribution in [0.25, 0.3) is 0 Å². The predicted molar refractivity (Wildman–Crippen MR) is 111 cm³/mol. The molecule has 28 heavy (non-hydrogen) atoms. The maximum Gasteiger partial charge on any atom is 0.169 e. The molecule has 0 spiro atoms. The molecule has 0 unspecified atom stereocenters. The van der Waals surface area contributed by atoms with Gasteiger partial charge in [0, 0.05) is 5.92 Å². The maximum atomic E-state index is 10.8. The highest BCUT2D eigenvalue weighted by Gasteiger charge is 2.66. The van der Waals surface area contributed by atoms with E-state index in [-0.39, 0.29) is 5.79 Å². The van der Waals surface area contributed by atoms with Crippen LogP contribution in [-0.2, 0) is 9.47 Å². The Labute approximate surface area is 171 Å². The van der Waals surface area contributed by atoms with Gasteiger partial charge in [-0.1, -0.05) is 20.8 Å². The Morgan fingerprint density at radius 1 is 0.750 bits per heavy atom. The zero-order valence-corrected chi connectivity index (χ0v) is 18.9. The third kappa shape index (κ3) is 2.51. The van der Waals surface area contributed by atoms with Crippen molar-refractivity contribution in [3.63, 3.8) is 0 Å². The van der Waals surface area contributed by atoms with Crippen LogP contribution in [0.4, 0.5) is 0 Å². The Bertz CT molecular complexity index is 638. The molecule has 0 aromatic carbocycles. The Kier molecular flexibility index (Phi) is 4.23. The van der Waals surface area contributed by atoms with Crippen LogP contribution in [-0.4, -0.2) is 29.7 Å². The van der Waals surface area contributed by atoms with Crippen LogP contribution < -0.4 is 0 Å². The van der Waals surface area contributed by atoms with Crippen LogP contribution in [0.1, 0.15) is 92.4 Å². The van der Waals surface area contributed by atoms with Gasteiger partial charge in [-0.05, 0) is 106 Å². The van der Waals surface area contributed by atoms with Crippen LogP contribution in [0, 0.1) is 39.9 Å². The number of fused-ring (bicyclic) bond motifs is 5. The highest BCUT2D eigenvalue weighted by molar-refractivity contribution is 5.14. The maximum absolute atomic E-state index is 10.8.